The van der Waals surface area contributed by atoms with E-state index in [-0.39, 0.29) is 6.03 Å². The van der Waals surface area contributed by atoms with Crippen LogP contribution in [-0.4, -0.2) is 50.3 Å². The van der Waals surface area contributed by atoms with Gasteiger partial charge in [0.25, 0.3) is 0 Å². The highest BCUT2D eigenvalue weighted by Crippen LogP contribution is 2.23. The molecule has 7 nitrogen and oxygen atoms in total. The molecule has 1 aromatic carbocycles. The second kappa shape index (κ2) is 7.73. The third-order valence-corrected chi connectivity index (χ3v) is 4.98. The van der Waals surface area contributed by atoms with Gasteiger partial charge in [-0.25, -0.2) is 9.78 Å². The predicted molar refractivity (Wildman–Crippen MR) is 107 cm³/mol. The van der Waals surface area contributed by atoms with E-state index in [2.05, 4.69) is 37.6 Å². The molecule has 0 unspecified atom stereocenters. The van der Waals surface area contributed by atoms with E-state index in [0.717, 1.165) is 50.5 Å². The molecule has 1 saturated carbocycles. The number of anilines is 3. The van der Waals surface area contributed by atoms with Gasteiger partial charge in [-0.05, 0) is 49.2 Å². The summed E-state index contributed by atoms with van der Waals surface area (Å²) in [5, 5.41) is 5.68. The number of hydrogen-bond acceptors (Lipinski definition) is 5. The number of benzene rings is 1. The molecule has 0 spiro atoms. The average Bonchev–Trinajstić information content (AvgIpc) is 3.53. The number of methoxy groups -OCH3 is 1. The average molecular weight is 367 g/mol. The molecule has 1 aromatic heterocycles. The summed E-state index contributed by atoms with van der Waals surface area (Å²) in [7, 11) is 1.68. The molecular formula is C20H25N5O2. The highest BCUT2D eigenvalue weighted by Gasteiger charge is 2.23. The number of amides is 2. The summed E-state index contributed by atoms with van der Waals surface area (Å²) in [4.78, 5) is 20.8. The standard InChI is InChI=1S/C20H25N5O2/c1-27-18-7-4-16(5-8-18)24-10-12-25(13-11-24)17-6-9-19(21-14-17)23-20(26)22-15-2-3-15/h4-9,14-15H,2-3,10-13H2,1H3,(H2,21,22,23,26). The van der Waals surface area contributed by atoms with Gasteiger partial charge in [0.05, 0.1) is 19.0 Å². The summed E-state index contributed by atoms with van der Waals surface area (Å²) in [6.07, 6.45) is 3.97. The lowest BCUT2D eigenvalue weighted by molar-refractivity contribution is 0.251. The van der Waals surface area contributed by atoms with Gasteiger partial charge in [0.15, 0.2) is 0 Å². The van der Waals surface area contributed by atoms with E-state index in [4.69, 9.17) is 4.74 Å². The van der Waals surface area contributed by atoms with Crippen LogP contribution in [0.4, 0.5) is 22.0 Å². The van der Waals surface area contributed by atoms with Crippen molar-refractivity contribution in [3.8, 4) is 5.75 Å². The van der Waals surface area contributed by atoms with Crippen LogP contribution in [0.2, 0.25) is 0 Å². The number of nitrogens with one attached hydrogen (secondary N) is 2. The van der Waals surface area contributed by atoms with E-state index < -0.39 is 0 Å². The predicted octanol–water partition coefficient (Wildman–Crippen LogP) is 2.70. The summed E-state index contributed by atoms with van der Waals surface area (Å²) >= 11 is 0. The van der Waals surface area contributed by atoms with Gasteiger partial charge >= 0.3 is 6.03 Å². The van der Waals surface area contributed by atoms with Crippen molar-refractivity contribution in [1.82, 2.24) is 10.3 Å². The first-order valence-electron chi connectivity index (χ1n) is 9.39. The molecule has 2 heterocycles. The van der Waals surface area contributed by atoms with Gasteiger partial charge in [-0.3, -0.25) is 5.32 Å². The Kier molecular flexibility index (Phi) is 5.00. The van der Waals surface area contributed by atoms with Gasteiger partial charge < -0.3 is 19.9 Å². The first-order chi connectivity index (χ1) is 13.2. The van der Waals surface area contributed by atoms with Gasteiger partial charge in [-0.1, -0.05) is 0 Å². The number of carbonyl (C=O) groups is 1. The van der Waals surface area contributed by atoms with Crippen molar-refractivity contribution in [2.75, 3.05) is 48.4 Å². The number of pyridine rings is 1. The van der Waals surface area contributed by atoms with E-state index in [1.165, 1.54) is 5.69 Å². The van der Waals surface area contributed by atoms with Crippen LogP contribution in [0.3, 0.4) is 0 Å². The van der Waals surface area contributed by atoms with Crippen molar-refractivity contribution < 1.29 is 9.53 Å². The van der Waals surface area contributed by atoms with Crippen molar-refractivity contribution >= 4 is 23.2 Å². The minimum absolute atomic E-state index is 0.175. The number of aromatic nitrogens is 1. The maximum Gasteiger partial charge on any atom is 0.320 e. The summed E-state index contributed by atoms with van der Waals surface area (Å²) in [6.45, 7) is 3.78. The number of nitrogens with zero attached hydrogens (tertiary/aromatic N) is 3. The van der Waals surface area contributed by atoms with Crippen molar-refractivity contribution in [3.63, 3.8) is 0 Å². The summed E-state index contributed by atoms with van der Waals surface area (Å²) in [5.41, 5.74) is 2.30. The van der Waals surface area contributed by atoms with Crippen LogP contribution in [-0.2, 0) is 0 Å². The topological polar surface area (TPSA) is 69.7 Å². The molecule has 2 N–H and O–H groups in total. The Bertz CT molecular complexity index is 766. The number of rotatable bonds is 5. The van der Waals surface area contributed by atoms with Gasteiger partial charge in [0.2, 0.25) is 0 Å². The molecule has 2 fully saturated rings. The normalized spacial score (nSPS) is 16.8. The number of ether oxygens (including phenoxy) is 1. The molecule has 1 saturated heterocycles. The Hall–Kier alpha value is -2.96. The highest BCUT2D eigenvalue weighted by molar-refractivity contribution is 5.88. The monoisotopic (exact) mass is 367 g/mol. The Morgan fingerprint density at radius 2 is 1.63 bits per heavy atom. The van der Waals surface area contributed by atoms with Crippen molar-refractivity contribution in [1.29, 1.82) is 0 Å². The van der Waals surface area contributed by atoms with Crippen LogP contribution in [0.25, 0.3) is 0 Å². The summed E-state index contributed by atoms with van der Waals surface area (Å²) in [6, 6.07) is 12.2. The van der Waals surface area contributed by atoms with Crippen LogP contribution < -0.4 is 25.2 Å². The third-order valence-electron chi connectivity index (χ3n) is 4.98. The van der Waals surface area contributed by atoms with Crippen LogP contribution >= 0.6 is 0 Å². The molecule has 1 aliphatic heterocycles. The Labute approximate surface area is 159 Å². The van der Waals surface area contributed by atoms with E-state index >= 15 is 0 Å². The number of hydrogen-bond donors (Lipinski definition) is 2. The maximum absolute atomic E-state index is 11.8. The molecule has 1 aliphatic carbocycles. The SMILES string of the molecule is COc1ccc(N2CCN(c3ccc(NC(=O)NC4CC4)nc3)CC2)cc1. The highest BCUT2D eigenvalue weighted by atomic mass is 16.5. The molecular weight excluding hydrogens is 342 g/mol. The first kappa shape index (κ1) is 17.5. The summed E-state index contributed by atoms with van der Waals surface area (Å²) in [5.74, 6) is 1.46. The van der Waals surface area contributed by atoms with Crippen LogP contribution in [0.15, 0.2) is 42.6 Å². The molecule has 0 atom stereocenters. The van der Waals surface area contributed by atoms with E-state index in [1.807, 2.05) is 30.5 Å². The van der Waals surface area contributed by atoms with Gasteiger partial charge in [0, 0.05) is 37.9 Å². The Morgan fingerprint density at radius 3 is 2.19 bits per heavy atom. The lowest BCUT2D eigenvalue weighted by Gasteiger charge is -2.37. The Balaban J connectivity index is 1.30. The first-order valence-corrected chi connectivity index (χ1v) is 9.39. The molecule has 2 aliphatic rings. The Morgan fingerprint density at radius 1 is 1.00 bits per heavy atom. The van der Waals surface area contributed by atoms with Gasteiger partial charge in [0.1, 0.15) is 11.6 Å². The zero-order chi connectivity index (χ0) is 18.6. The van der Waals surface area contributed by atoms with Gasteiger partial charge in [-0.2, -0.15) is 0 Å². The zero-order valence-corrected chi connectivity index (χ0v) is 15.5. The molecule has 2 amide bonds. The molecule has 7 heteroatoms. The number of carbonyl (C=O) groups excluding carboxylic acids is 1. The number of urea groups is 1. The van der Waals surface area contributed by atoms with Crippen LogP contribution in [0.5, 0.6) is 5.75 Å². The minimum atomic E-state index is -0.175. The van der Waals surface area contributed by atoms with Crippen molar-refractivity contribution in [2.45, 2.75) is 18.9 Å². The quantitative estimate of drug-likeness (QED) is 0.850. The fourth-order valence-corrected chi connectivity index (χ4v) is 3.23. The van der Waals surface area contributed by atoms with Crippen molar-refractivity contribution in [3.05, 3.63) is 42.6 Å². The maximum atomic E-state index is 11.8. The van der Waals surface area contributed by atoms with Crippen LogP contribution in [0, 0.1) is 0 Å². The third kappa shape index (κ3) is 4.42. The lowest BCUT2D eigenvalue weighted by Crippen LogP contribution is -2.46. The number of piperazine rings is 1. The van der Waals surface area contributed by atoms with Crippen molar-refractivity contribution in [2.24, 2.45) is 0 Å². The van der Waals surface area contributed by atoms with E-state index in [0.29, 0.717) is 11.9 Å². The molecule has 0 bridgehead atoms. The summed E-state index contributed by atoms with van der Waals surface area (Å²) < 4.78 is 5.22. The molecule has 142 valence electrons. The zero-order valence-electron chi connectivity index (χ0n) is 15.5. The lowest BCUT2D eigenvalue weighted by atomic mass is 10.2. The van der Waals surface area contributed by atoms with Gasteiger partial charge in [-0.15, -0.1) is 0 Å². The van der Waals surface area contributed by atoms with E-state index in [1.54, 1.807) is 7.11 Å². The minimum Gasteiger partial charge on any atom is -0.497 e. The van der Waals surface area contributed by atoms with E-state index in [9.17, 15) is 4.79 Å². The second-order valence-corrected chi connectivity index (χ2v) is 6.95. The molecule has 2 aromatic rings. The fourth-order valence-electron chi connectivity index (χ4n) is 3.23. The second-order valence-electron chi connectivity index (χ2n) is 6.95. The smallest absolute Gasteiger partial charge is 0.320 e. The van der Waals surface area contributed by atoms with Crippen LogP contribution in [0.1, 0.15) is 12.8 Å². The molecule has 27 heavy (non-hydrogen) atoms. The largest absolute Gasteiger partial charge is 0.497 e. The molecule has 0 radical (unpaired) electrons. The fraction of sp³-hybridized carbons (Fsp3) is 0.400. The molecule has 4 rings (SSSR count).